The number of hydrogen-bond acceptors (Lipinski definition) is 4. The number of hydrogen-bond donors (Lipinski definition) is 0. The zero-order chi connectivity index (χ0) is 42.4. The van der Waals surface area contributed by atoms with Gasteiger partial charge in [-0.1, -0.05) is 137 Å². The van der Waals surface area contributed by atoms with Crippen molar-refractivity contribution in [3.8, 4) is 39.5 Å². The van der Waals surface area contributed by atoms with Crippen LogP contribution in [-0.2, 0) is 20.1 Å². The van der Waals surface area contributed by atoms with Crippen molar-refractivity contribution in [2.24, 2.45) is 0 Å². The topological polar surface area (TPSA) is 56.7 Å². The van der Waals surface area contributed by atoms with Crippen LogP contribution in [0.5, 0.6) is 0 Å². The van der Waals surface area contributed by atoms with Crippen LogP contribution in [0.15, 0.2) is 150 Å². The Hall–Kier alpha value is -5.98. The zero-order valence-electron chi connectivity index (χ0n) is 36.5. The van der Waals surface area contributed by atoms with E-state index in [2.05, 4.69) is 173 Å². The van der Waals surface area contributed by atoms with Gasteiger partial charge in [0.05, 0.1) is 30.5 Å². The molecule has 4 heterocycles. The summed E-state index contributed by atoms with van der Waals surface area (Å²) in [4.78, 5) is 14.9. The molecule has 0 aliphatic rings. The first-order chi connectivity index (χ1) is 29.5. The minimum absolute atomic E-state index is 0. The molecule has 0 aliphatic carbocycles. The summed E-state index contributed by atoms with van der Waals surface area (Å²) in [6, 6.07) is 55.0. The van der Waals surface area contributed by atoms with Crippen molar-refractivity contribution in [2.45, 2.75) is 66.1 Å². The number of aromatic nitrogens is 4. The fourth-order valence-corrected chi connectivity index (χ4v) is 10.2. The molecule has 7 heteroatoms. The van der Waals surface area contributed by atoms with E-state index in [1.165, 1.54) is 33.0 Å². The van der Waals surface area contributed by atoms with Gasteiger partial charge in [-0.2, -0.15) is 0 Å². The third kappa shape index (κ3) is 8.09. The first-order valence-electron chi connectivity index (χ1n) is 21.2. The van der Waals surface area contributed by atoms with Gasteiger partial charge in [-0.25, -0.2) is 4.98 Å². The van der Waals surface area contributed by atoms with E-state index in [0.717, 1.165) is 66.7 Å². The van der Waals surface area contributed by atoms with E-state index in [1.807, 2.05) is 48.5 Å². The molecule has 0 aliphatic heterocycles. The number of fused-ring (bicyclic) bond motifs is 5. The number of nitrogens with zero attached hydrogens (tertiary/aromatic N) is 4. The van der Waals surface area contributed by atoms with Crippen molar-refractivity contribution >= 4 is 57.3 Å². The molecule has 0 N–H and O–H groups in total. The van der Waals surface area contributed by atoms with Gasteiger partial charge in [-0.05, 0) is 82.2 Å². The van der Waals surface area contributed by atoms with Crippen molar-refractivity contribution in [3.63, 3.8) is 0 Å². The zero-order valence-corrected chi connectivity index (χ0v) is 39.9. The molecule has 6 aromatic carbocycles. The van der Waals surface area contributed by atoms with E-state index >= 15 is 0 Å². The van der Waals surface area contributed by atoms with Crippen LogP contribution in [0.4, 0.5) is 0 Å². The van der Waals surface area contributed by atoms with Gasteiger partial charge >= 0.3 is 0 Å². The Kier molecular flexibility index (Phi) is 12.0. The predicted molar refractivity (Wildman–Crippen MR) is 258 cm³/mol. The molecule has 0 amide bonds. The minimum Gasteiger partial charge on any atom is -0.501 e. The summed E-state index contributed by atoms with van der Waals surface area (Å²) in [7, 11) is -1.27. The predicted octanol–water partition coefficient (Wildman–Crippen LogP) is 14.3. The van der Waals surface area contributed by atoms with Gasteiger partial charge in [0.1, 0.15) is 5.58 Å². The maximum absolute atomic E-state index is 6.53. The summed E-state index contributed by atoms with van der Waals surface area (Å²) in [6.45, 7) is 18.3. The molecule has 311 valence electrons. The van der Waals surface area contributed by atoms with Crippen molar-refractivity contribution < 1.29 is 24.5 Å². The molecule has 0 bridgehead atoms. The van der Waals surface area contributed by atoms with E-state index in [0.29, 0.717) is 5.65 Å². The van der Waals surface area contributed by atoms with Gasteiger partial charge in [-0.15, -0.1) is 54.1 Å². The van der Waals surface area contributed by atoms with Crippen LogP contribution >= 0.6 is 0 Å². The van der Waals surface area contributed by atoms with Crippen LogP contribution < -0.4 is 5.19 Å². The summed E-state index contributed by atoms with van der Waals surface area (Å²) >= 11 is 0. The Morgan fingerprint density at radius 3 is 2.05 bits per heavy atom. The minimum atomic E-state index is -1.27. The number of benzene rings is 6. The monoisotopic (exact) mass is 1000 g/mol. The first kappa shape index (κ1) is 42.7. The number of para-hydroxylation sites is 2. The second-order valence-electron chi connectivity index (χ2n) is 17.6. The van der Waals surface area contributed by atoms with Crippen LogP contribution in [0, 0.1) is 19.1 Å². The number of imidazole rings is 1. The van der Waals surface area contributed by atoms with E-state index in [-0.39, 0.29) is 31.9 Å². The maximum atomic E-state index is 6.53. The Morgan fingerprint density at radius 1 is 0.661 bits per heavy atom. The first-order valence-corrected chi connectivity index (χ1v) is 24.7. The van der Waals surface area contributed by atoms with Gasteiger partial charge in [0.2, 0.25) is 0 Å². The van der Waals surface area contributed by atoms with Gasteiger partial charge in [0.15, 0.2) is 5.65 Å². The number of furan rings is 1. The molecule has 0 spiro atoms. The molecule has 0 atom stereocenters. The average Bonchev–Trinajstić information content (AvgIpc) is 3.83. The maximum Gasteiger partial charge on any atom is 0.168 e. The van der Waals surface area contributed by atoms with Crippen LogP contribution in [0.3, 0.4) is 0 Å². The van der Waals surface area contributed by atoms with Gasteiger partial charge in [0.25, 0.3) is 0 Å². The number of pyridine rings is 2. The number of rotatable bonds is 7. The molecular formula is C55H50IrN4OSi-2. The van der Waals surface area contributed by atoms with Gasteiger partial charge in [0, 0.05) is 42.8 Å². The molecule has 0 unspecified atom stereocenters. The molecule has 10 aromatic rings. The second kappa shape index (κ2) is 17.4. The SMILES string of the molecule is CC(C)c1cc(-c2ccccc2)cc(C(C)C)c1-n1c(-c2[c-]ccc3c2oc2ccccc23)nc2nc3ccccc3cc21.Cc1cc(-c2[c-]cccc2)ncc1[Si](C)(C)C.[Ir]. The van der Waals surface area contributed by atoms with Gasteiger partial charge < -0.3 is 14.0 Å². The van der Waals surface area contributed by atoms with Crippen LogP contribution in [0.25, 0.3) is 83.5 Å². The van der Waals surface area contributed by atoms with Crippen molar-refractivity contribution in [2.75, 3.05) is 0 Å². The van der Waals surface area contributed by atoms with Crippen LogP contribution in [0.2, 0.25) is 19.6 Å². The molecule has 0 saturated carbocycles. The quantitative estimate of drug-likeness (QED) is 0.118. The summed E-state index contributed by atoms with van der Waals surface area (Å²) in [6.07, 6.45) is 2.05. The molecule has 4 aromatic heterocycles. The molecule has 1 radical (unpaired) electrons. The summed E-state index contributed by atoms with van der Waals surface area (Å²) in [5.41, 5.74) is 14.6. The summed E-state index contributed by atoms with van der Waals surface area (Å²) in [5, 5.41) is 4.66. The average molecular weight is 1000 g/mol. The van der Waals surface area contributed by atoms with Crippen molar-refractivity contribution in [1.82, 2.24) is 19.5 Å². The van der Waals surface area contributed by atoms with Crippen molar-refractivity contribution in [3.05, 3.63) is 175 Å². The van der Waals surface area contributed by atoms with Crippen LogP contribution in [0.1, 0.15) is 56.2 Å². The Balaban J connectivity index is 0.000000248. The third-order valence-corrected chi connectivity index (χ3v) is 13.7. The molecule has 62 heavy (non-hydrogen) atoms. The normalized spacial score (nSPS) is 11.7. The third-order valence-electron chi connectivity index (χ3n) is 11.6. The summed E-state index contributed by atoms with van der Waals surface area (Å²) < 4.78 is 8.86. The van der Waals surface area contributed by atoms with Gasteiger partial charge in [-0.3, -0.25) is 4.98 Å². The standard InChI is InChI=1S/C40H32N3O.C15H18NSi.Ir/c1-24(2)32-21-28(26-13-6-5-7-14-26)22-33(25(3)4)37(32)43-35-23-27-15-8-10-19-34(27)41-39(35)42-40(43)31-18-12-17-30-29-16-9-11-20-36(29)44-38(30)31;1-12-10-14(13-8-6-5-7-9-13)16-11-15(12)17(2,3)4;/h5-17,19-25H,1-4H3;5-8,10-11H,1-4H3;/q2*-1;. The fourth-order valence-electron chi connectivity index (χ4n) is 8.51. The molecular weight excluding hydrogens is 953 g/mol. The largest absolute Gasteiger partial charge is 0.501 e. The van der Waals surface area contributed by atoms with E-state index < -0.39 is 8.07 Å². The molecule has 0 fully saturated rings. The molecule has 5 nitrogen and oxygen atoms in total. The van der Waals surface area contributed by atoms with E-state index in [9.17, 15) is 0 Å². The van der Waals surface area contributed by atoms with Crippen LogP contribution in [-0.4, -0.2) is 27.6 Å². The Morgan fingerprint density at radius 2 is 1.35 bits per heavy atom. The Labute approximate surface area is 379 Å². The van der Waals surface area contributed by atoms with Crippen molar-refractivity contribution in [1.29, 1.82) is 0 Å². The Bertz CT molecular complexity index is 3170. The summed E-state index contributed by atoms with van der Waals surface area (Å²) in [5.74, 6) is 1.30. The smallest absolute Gasteiger partial charge is 0.168 e. The second-order valence-corrected chi connectivity index (χ2v) is 22.6. The fraction of sp³-hybridized carbons (Fsp3) is 0.182. The molecule has 10 rings (SSSR count). The van der Waals surface area contributed by atoms with E-state index in [1.54, 1.807) is 0 Å². The van der Waals surface area contributed by atoms with E-state index in [4.69, 9.17) is 14.4 Å². The number of aryl methyl sites for hydroxylation is 1. The molecule has 0 saturated heterocycles.